The Morgan fingerprint density at radius 2 is 1.88 bits per heavy atom. The van der Waals surface area contributed by atoms with E-state index < -0.39 is 7.69 Å². The van der Waals surface area contributed by atoms with Crippen molar-refractivity contribution in [2.75, 3.05) is 0 Å². The van der Waals surface area contributed by atoms with Gasteiger partial charge in [-0.25, -0.2) is 15.9 Å². The molecule has 0 fully saturated rings. The van der Waals surface area contributed by atoms with Crippen LogP contribution >= 0.6 is 7.69 Å². The van der Waals surface area contributed by atoms with E-state index in [9.17, 15) is 0 Å². The van der Waals surface area contributed by atoms with Crippen LogP contribution in [0.4, 0.5) is 0 Å². The van der Waals surface area contributed by atoms with Crippen LogP contribution in [0.5, 0.6) is 0 Å². The predicted octanol–water partition coefficient (Wildman–Crippen LogP) is 0.0209. The van der Waals surface area contributed by atoms with Crippen LogP contribution < -0.4 is 24.8 Å². The molecular weight excluding hydrogens is 392 g/mol. The Hall–Kier alpha value is -0.686. The van der Waals surface area contributed by atoms with E-state index in [0.29, 0.717) is 0 Å². The van der Waals surface area contributed by atoms with E-state index in [1.165, 1.54) is 27.2 Å². The molecule has 0 aliphatic heterocycles. The normalized spacial score (nSPS) is 12.7. The molecule has 1 unspecified atom stereocenters. The van der Waals surface area contributed by atoms with Crippen LogP contribution in [0.3, 0.4) is 0 Å². The minimum atomic E-state index is -0.398. The average molecular weight is 410 g/mol. The van der Waals surface area contributed by atoms with E-state index >= 15 is 0 Å². The molecule has 1 aromatic heterocycles. The molecule has 122 valence electrons. The summed E-state index contributed by atoms with van der Waals surface area (Å²) in [5.74, 6) is 2.18. The maximum Gasteiger partial charge on any atom is 4.00 e. The van der Waals surface area contributed by atoms with E-state index in [0.717, 1.165) is 6.42 Å². The first-order valence-corrected chi connectivity index (χ1v) is 8.50. The van der Waals surface area contributed by atoms with E-state index in [4.69, 9.17) is 0 Å². The Bertz CT molecular complexity index is 755. The van der Waals surface area contributed by atoms with Crippen LogP contribution in [0, 0.1) is 6.08 Å². The SMILES string of the molecule is CC1=[C-]CC=C1C.[Cl-].[Cl-].[Ti+4].c1ccc2[cH-]c(-p3cccn3)cc2c1. The molecule has 0 amide bonds. The predicted molar refractivity (Wildman–Crippen MR) is 92.2 cm³/mol. The second-order valence-corrected chi connectivity index (χ2v) is 6.92. The van der Waals surface area contributed by atoms with Crippen LogP contribution in [0.2, 0.25) is 0 Å². The number of halogens is 2. The Morgan fingerprint density at radius 3 is 2.38 bits per heavy atom. The maximum atomic E-state index is 4.43. The molecule has 2 aromatic carbocycles. The third kappa shape index (κ3) is 5.69. The molecule has 1 aliphatic rings. The van der Waals surface area contributed by atoms with Gasteiger partial charge in [0.15, 0.2) is 0 Å². The Balaban J connectivity index is 0.000000463. The van der Waals surface area contributed by atoms with Gasteiger partial charge < -0.3 is 24.8 Å². The van der Waals surface area contributed by atoms with Crippen molar-refractivity contribution in [3.8, 4) is 5.30 Å². The Morgan fingerprint density at radius 1 is 1.12 bits per heavy atom. The number of fused-ring (bicyclic) bond motifs is 1. The summed E-state index contributed by atoms with van der Waals surface area (Å²) in [4.78, 5) is 0. The molecule has 24 heavy (non-hydrogen) atoms. The zero-order valence-electron chi connectivity index (χ0n) is 13.6. The number of aromatic nitrogens is 1. The van der Waals surface area contributed by atoms with Gasteiger partial charge in [0, 0.05) is 6.20 Å². The zero-order chi connectivity index (χ0) is 14.7. The van der Waals surface area contributed by atoms with Crippen molar-refractivity contribution in [3.63, 3.8) is 0 Å². The number of benzene rings is 1. The summed E-state index contributed by atoms with van der Waals surface area (Å²) in [6.45, 7) is 4.22. The van der Waals surface area contributed by atoms with Gasteiger partial charge in [-0.05, 0) is 19.6 Å². The van der Waals surface area contributed by atoms with E-state index in [1.54, 1.807) is 0 Å². The molecule has 1 heterocycles. The Kier molecular flexibility index (Phi) is 10.7. The summed E-state index contributed by atoms with van der Waals surface area (Å²) in [5, 5.41) is 3.99. The average Bonchev–Trinajstić information content (AvgIpc) is 3.21. The second-order valence-electron chi connectivity index (χ2n) is 5.19. The van der Waals surface area contributed by atoms with Crippen molar-refractivity contribution in [3.05, 3.63) is 77.8 Å². The number of rotatable bonds is 1. The van der Waals surface area contributed by atoms with Crippen molar-refractivity contribution in [1.29, 1.82) is 0 Å². The zero-order valence-corrected chi connectivity index (χ0v) is 17.6. The van der Waals surface area contributed by atoms with Crippen LogP contribution in [0.25, 0.3) is 16.1 Å². The quantitative estimate of drug-likeness (QED) is 0.408. The monoisotopic (exact) mass is 409 g/mol. The van der Waals surface area contributed by atoms with Crippen LogP contribution in [-0.2, 0) is 21.7 Å². The second kappa shape index (κ2) is 11.0. The minimum absolute atomic E-state index is 0. The van der Waals surface area contributed by atoms with Crippen molar-refractivity contribution in [2.24, 2.45) is 0 Å². The van der Waals surface area contributed by atoms with Gasteiger partial charge >= 0.3 is 21.7 Å². The van der Waals surface area contributed by atoms with E-state index in [-0.39, 0.29) is 46.5 Å². The molecule has 5 heteroatoms. The first-order valence-electron chi connectivity index (χ1n) is 7.14. The largest absolute Gasteiger partial charge is 4.00 e. The molecule has 1 aliphatic carbocycles. The van der Waals surface area contributed by atoms with E-state index in [2.05, 4.69) is 72.9 Å². The summed E-state index contributed by atoms with van der Waals surface area (Å²) in [5.41, 5.74) is 2.71. The molecular formula is C19H18Cl2NPTi. The third-order valence-electron chi connectivity index (χ3n) is 3.74. The molecule has 3 aromatic rings. The summed E-state index contributed by atoms with van der Waals surface area (Å²) >= 11 is 0. The Labute approximate surface area is 172 Å². The topological polar surface area (TPSA) is 12.9 Å². The fraction of sp³-hybridized carbons (Fsp3) is 0.158. The van der Waals surface area contributed by atoms with Gasteiger partial charge in [-0.3, -0.25) is 6.08 Å². The van der Waals surface area contributed by atoms with Gasteiger partial charge in [0.2, 0.25) is 0 Å². The summed E-state index contributed by atoms with van der Waals surface area (Å²) in [7, 11) is -0.398. The van der Waals surface area contributed by atoms with Crippen molar-refractivity contribution in [1.82, 2.24) is 4.75 Å². The molecule has 0 bridgehead atoms. The fourth-order valence-electron chi connectivity index (χ4n) is 2.34. The molecule has 0 saturated carbocycles. The molecule has 0 N–H and O–H groups in total. The van der Waals surface area contributed by atoms with Crippen molar-refractivity contribution >= 4 is 18.5 Å². The van der Waals surface area contributed by atoms with Gasteiger partial charge in [0.25, 0.3) is 0 Å². The third-order valence-corrected chi connectivity index (χ3v) is 5.36. The summed E-state index contributed by atoms with van der Waals surface area (Å²) in [6, 6.07) is 15.0. The summed E-state index contributed by atoms with van der Waals surface area (Å²) in [6.07, 6.45) is 8.30. The van der Waals surface area contributed by atoms with E-state index in [1.807, 2.05) is 12.3 Å². The number of nitrogens with zero attached hydrogens (tertiary/aromatic N) is 1. The first-order chi connectivity index (χ1) is 10.2. The first kappa shape index (κ1) is 23.3. The van der Waals surface area contributed by atoms with Gasteiger partial charge in [-0.2, -0.15) is 12.1 Å². The molecule has 1 nitrogen and oxygen atoms in total. The molecule has 0 spiro atoms. The molecule has 0 saturated heterocycles. The number of hydrogen-bond donors (Lipinski definition) is 0. The molecule has 1 atom stereocenters. The number of allylic oxidation sites excluding steroid dienone is 4. The van der Waals surface area contributed by atoms with Crippen LogP contribution in [-0.4, -0.2) is 4.75 Å². The van der Waals surface area contributed by atoms with Crippen LogP contribution in [0.1, 0.15) is 20.3 Å². The molecule has 0 radical (unpaired) electrons. The van der Waals surface area contributed by atoms with Gasteiger partial charge in [-0.1, -0.05) is 18.3 Å². The number of hydrogen-bond acceptors (Lipinski definition) is 1. The summed E-state index contributed by atoms with van der Waals surface area (Å²) < 4.78 is 4.43. The minimum Gasteiger partial charge on any atom is -1.00 e. The molecule has 4 rings (SSSR count). The smallest absolute Gasteiger partial charge is 1.00 e. The van der Waals surface area contributed by atoms with Gasteiger partial charge in [-0.15, -0.1) is 48.4 Å². The standard InChI is InChI=1S/C12H9NP.C7H9.2ClH.Ti/c1-2-5-11-9-12(8-10(11)4-1)14-7-3-6-13-14;1-6-4-3-5-7(6)2;;;/h1-9H;4H,3H2,1-2H3;2*1H;/q2*-1;;;+4/p-2. The van der Waals surface area contributed by atoms with Crippen molar-refractivity contribution in [2.45, 2.75) is 20.3 Å². The van der Waals surface area contributed by atoms with Gasteiger partial charge in [0.05, 0.1) is 0 Å². The maximum absolute atomic E-state index is 4.43. The van der Waals surface area contributed by atoms with Gasteiger partial charge in [0.1, 0.15) is 0 Å². The van der Waals surface area contributed by atoms with Crippen molar-refractivity contribution < 1.29 is 46.5 Å². The fourth-order valence-corrected chi connectivity index (χ4v) is 3.72. The van der Waals surface area contributed by atoms with Crippen LogP contribution in [0.15, 0.2) is 71.7 Å².